The maximum absolute atomic E-state index is 5.95. The summed E-state index contributed by atoms with van der Waals surface area (Å²) in [4.78, 5) is 2.43. The third kappa shape index (κ3) is 3.01. The van der Waals surface area contributed by atoms with Gasteiger partial charge in [0.15, 0.2) is 0 Å². The fraction of sp³-hybridized carbons (Fsp3) is 0.412. The second kappa shape index (κ2) is 5.92. The van der Waals surface area contributed by atoms with E-state index in [-0.39, 0.29) is 12.1 Å². The van der Waals surface area contributed by atoms with E-state index in [1.165, 1.54) is 16.3 Å². The zero-order valence-corrected chi connectivity index (χ0v) is 12.0. The number of hydrogen-bond donors (Lipinski definition) is 1. The molecule has 1 fully saturated rings. The summed E-state index contributed by atoms with van der Waals surface area (Å²) in [7, 11) is 0. The summed E-state index contributed by atoms with van der Waals surface area (Å²) in [6, 6.07) is 15.3. The minimum Gasteiger partial charge on any atom is -0.374 e. The molecule has 3 nitrogen and oxygen atoms in total. The number of rotatable bonds is 3. The summed E-state index contributed by atoms with van der Waals surface area (Å²) in [5.74, 6) is 0. The van der Waals surface area contributed by atoms with Crippen molar-refractivity contribution in [2.24, 2.45) is 5.73 Å². The number of benzene rings is 2. The SMILES string of the molecule is CC(N)C1CN(Cc2ccc3ccccc3c2)CCO1. The monoisotopic (exact) mass is 270 g/mol. The Kier molecular flexibility index (Phi) is 4.01. The molecule has 0 saturated carbocycles. The molecule has 1 aliphatic heterocycles. The van der Waals surface area contributed by atoms with Crippen LogP contribution in [0, 0.1) is 0 Å². The number of nitrogens with zero attached hydrogens (tertiary/aromatic N) is 1. The fourth-order valence-electron chi connectivity index (χ4n) is 2.79. The van der Waals surface area contributed by atoms with E-state index in [4.69, 9.17) is 10.5 Å². The molecule has 0 amide bonds. The standard InChI is InChI=1S/C17H22N2O/c1-13(18)17-12-19(8-9-20-17)11-14-6-7-15-4-2-3-5-16(15)10-14/h2-7,10,13,17H,8-9,11-12,18H2,1H3. The highest BCUT2D eigenvalue weighted by molar-refractivity contribution is 5.82. The lowest BCUT2D eigenvalue weighted by atomic mass is 10.1. The highest BCUT2D eigenvalue weighted by Crippen LogP contribution is 2.18. The topological polar surface area (TPSA) is 38.5 Å². The molecule has 2 unspecified atom stereocenters. The summed E-state index contributed by atoms with van der Waals surface area (Å²) in [5, 5.41) is 2.61. The Balaban J connectivity index is 1.72. The Hall–Kier alpha value is -1.42. The van der Waals surface area contributed by atoms with Crippen LogP contribution in [0.1, 0.15) is 12.5 Å². The van der Waals surface area contributed by atoms with Gasteiger partial charge < -0.3 is 10.5 Å². The molecule has 0 bridgehead atoms. The van der Waals surface area contributed by atoms with Gasteiger partial charge in [-0.3, -0.25) is 4.90 Å². The molecule has 106 valence electrons. The van der Waals surface area contributed by atoms with Crippen LogP contribution in [0.15, 0.2) is 42.5 Å². The number of fused-ring (bicyclic) bond motifs is 1. The van der Waals surface area contributed by atoms with Crippen LogP contribution in [-0.2, 0) is 11.3 Å². The maximum Gasteiger partial charge on any atom is 0.0850 e. The summed E-state index contributed by atoms with van der Waals surface area (Å²) in [6.45, 7) is 5.67. The molecular weight excluding hydrogens is 248 g/mol. The second-order valence-corrected chi connectivity index (χ2v) is 5.68. The van der Waals surface area contributed by atoms with Gasteiger partial charge in [-0.05, 0) is 29.3 Å². The van der Waals surface area contributed by atoms with Crippen LogP contribution in [0.4, 0.5) is 0 Å². The van der Waals surface area contributed by atoms with E-state index < -0.39 is 0 Å². The van der Waals surface area contributed by atoms with Crippen molar-refractivity contribution in [1.82, 2.24) is 4.90 Å². The molecule has 0 aliphatic carbocycles. The molecule has 3 rings (SSSR count). The average molecular weight is 270 g/mol. The molecule has 3 heteroatoms. The van der Waals surface area contributed by atoms with Gasteiger partial charge >= 0.3 is 0 Å². The van der Waals surface area contributed by atoms with Crippen LogP contribution in [0.5, 0.6) is 0 Å². The highest BCUT2D eigenvalue weighted by atomic mass is 16.5. The lowest BCUT2D eigenvalue weighted by Gasteiger charge is -2.34. The molecular formula is C17H22N2O. The molecule has 2 N–H and O–H groups in total. The number of hydrogen-bond acceptors (Lipinski definition) is 3. The lowest BCUT2D eigenvalue weighted by Crippen LogP contribution is -2.49. The smallest absolute Gasteiger partial charge is 0.0850 e. The maximum atomic E-state index is 5.95. The highest BCUT2D eigenvalue weighted by Gasteiger charge is 2.23. The first-order valence-electron chi connectivity index (χ1n) is 7.29. The minimum absolute atomic E-state index is 0.0920. The van der Waals surface area contributed by atoms with Crippen molar-refractivity contribution < 1.29 is 4.74 Å². The summed E-state index contributed by atoms with van der Waals surface area (Å²) < 4.78 is 5.71. The molecule has 20 heavy (non-hydrogen) atoms. The van der Waals surface area contributed by atoms with E-state index in [1.54, 1.807) is 0 Å². The van der Waals surface area contributed by atoms with Gasteiger partial charge in [0.1, 0.15) is 0 Å². The molecule has 0 spiro atoms. The largest absolute Gasteiger partial charge is 0.374 e. The normalized spacial score (nSPS) is 22.0. The second-order valence-electron chi connectivity index (χ2n) is 5.68. The zero-order valence-electron chi connectivity index (χ0n) is 12.0. The molecule has 2 atom stereocenters. The fourth-order valence-corrected chi connectivity index (χ4v) is 2.79. The van der Waals surface area contributed by atoms with Gasteiger partial charge in [-0.25, -0.2) is 0 Å². The molecule has 2 aromatic carbocycles. The van der Waals surface area contributed by atoms with Crippen LogP contribution < -0.4 is 5.73 Å². The van der Waals surface area contributed by atoms with Gasteiger partial charge in [-0.2, -0.15) is 0 Å². The Morgan fingerprint density at radius 3 is 2.85 bits per heavy atom. The van der Waals surface area contributed by atoms with Crippen LogP contribution >= 0.6 is 0 Å². The Morgan fingerprint density at radius 1 is 1.25 bits per heavy atom. The van der Waals surface area contributed by atoms with Gasteiger partial charge in [0.25, 0.3) is 0 Å². The van der Waals surface area contributed by atoms with Crippen molar-refractivity contribution in [3.05, 3.63) is 48.0 Å². The van der Waals surface area contributed by atoms with Crippen LogP contribution in [-0.4, -0.2) is 36.7 Å². The first kappa shape index (κ1) is 13.6. The van der Waals surface area contributed by atoms with Crippen molar-refractivity contribution in [2.75, 3.05) is 19.7 Å². The molecule has 1 saturated heterocycles. The molecule has 0 radical (unpaired) electrons. The molecule has 1 aliphatic rings. The van der Waals surface area contributed by atoms with Crippen molar-refractivity contribution in [3.63, 3.8) is 0 Å². The van der Waals surface area contributed by atoms with E-state index in [1.807, 2.05) is 6.92 Å². The van der Waals surface area contributed by atoms with Gasteiger partial charge in [-0.1, -0.05) is 36.4 Å². The van der Waals surface area contributed by atoms with Gasteiger partial charge in [0.2, 0.25) is 0 Å². The van der Waals surface area contributed by atoms with E-state index in [2.05, 4.69) is 47.4 Å². The van der Waals surface area contributed by atoms with Gasteiger partial charge in [-0.15, -0.1) is 0 Å². The van der Waals surface area contributed by atoms with Crippen LogP contribution in [0.2, 0.25) is 0 Å². The number of morpholine rings is 1. The summed E-state index contributed by atoms with van der Waals surface area (Å²) >= 11 is 0. The lowest BCUT2D eigenvalue weighted by molar-refractivity contribution is -0.0403. The van der Waals surface area contributed by atoms with E-state index in [0.717, 1.165) is 26.2 Å². The number of nitrogens with two attached hydrogens (primary N) is 1. The Labute approximate surface area is 120 Å². The predicted octanol–water partition coefficient (Wildman–Crippen LogP) is 2.39. The Morgan fingerprint density at radius 2 is 2.05 bits per heavy atom. The zero-order chi connectivity index (χ0) is 13.9. The van der Waals surface area contributed by atoms with Crippen molar-refractivity contribution in [2.45, 2.75) is 25.6 Å². The quantitative estimate of drug-likeness (QED) is 0.930. The van der Waals surface area contributed by atoms with Gasteiger partial charge in [0, 0.05) is 25.7 Å². The number of ether oxygens (including phenoxy) is 1. The van der Waals surface area contributed by atoms with Crippen LogP contribution in [0.3, 0.4) is 0 Å². The summed E-state index contributed by atoms with van der Waals surface area (Å²) in [5.41, 5.74) is 7.30. The Bertz CT molecular complexity index is 582. The van der Waals surface area contributed by atoms with Crippen molar-refractivity contribution in [3.8, 4) is 0 Å². The predicted molar refractivity (Wildman–Crippen MR) is 82.6 cm³/mol. The third-order valence-electron chi connectivity index (χ3n) is 3.98. The van der Waals surface area contributed by atoms with E-state index in [0.29, 0.717) is 0 Å². The van der Waals surface area contributed by atoms with Crippen LogP contribution in [0.25, 0.3) is 10.8 Å². The first-order valence-corrected chi connectivity index (χ1v) is 7.29. The van der Waals surface area contributed by atoms with E-state index in [9.17, 15) is 0 Å². The molecule has 1 heterocycles. The van der Waals surface area contributed by atoms with Crippen molar-refractivity contribution in [1.29, 1.82) is 0 Å². The summed E-state index contributed by atoms with van der Waals surface area (Å²) in [6.07, 6.45) is 0.157. The average Bonchev–Trinajstić information content (AvgIpc) is 2.47. The minimum atomic E-state index is 0.0920. The van der Waals surface area contributed by atoms with Crippen molar-refractivity contribution >= 4 is 10.8 Å². The van der Waals surface area contributed by atoms with E-state index >= 15 is 0 Å². The molecule has 0 aromatic heterocycles. The van der Waals surface area contributed by atoms with Gasteiger partial charge in [0.05, 0.1) is 12.7 Å². The first-order chi connectivity index (χ1) is 9.72. The molecule has 2 aromatic rings. The third-order valence-corrected chi connectivity index (χ3v) is 3.98.